The Balaban J connectivity index is 1.37. The molecule has 65 heavy (non-hydrogen) atoms. The van der Waals surface area contributed by atoms with Gasteiger partial charge in [0, 0.05) is 20.8 Å². The third-order valence-corrected chi connectivity index (χ3v) is 11.8. The molecule has 0 bridgehead atoms. The normalized spacial score (nSPS) is 47.1. The number of hydrogen-bond acceptors (Lipinski definition) is 25. The van der Waals surface area contributed by atoms with Crippen LogP contribution in [0.15, 0.2) is 0 Å². The highest BCUT2D eigenvalue weighted by molar-refractivity contribution is 5.74. The van der Waals surface area contributed by atoms with E-state index in [-0.39, 0.29) is 0 Å². The van der Waals surface area contributed by atoms with E-state index in [1.165, 1.54) is 13.8 Å². The largest absolute Gasteiger partial charge is 0.394 e. The number of nitrogens with one attached hydrogen (secondary N) is 3. The molecule has 3 amide bonds. The van der Waals surface area contributed by atoms with Gasteiger partial charge in [0.15, 0.2) is 25.2 Å². The van der Waals surface area contributed by atoms with E-state index < -0.39 is 204 Å². The Bertz CT molecular complexity index is 1560. The van der Waals surface area contributed by atoms with Crippen LogP contribution in [0, 0.1) is 0 Å². The third kappa shape index (κ3) is 11.9. The SMILES string of the molecule is CC(=O)NC1[C@H](O[C@@H]2C(O)[C@H](O[C@@H]3C(CO)O[C@@H](O[C@@H]4C(O)[C@H](O[C@@H]5C(CO)O[C@@H](C)C(NC(C)=O)[C@H]5O)OC(CO)[C@@H]4O)C(NC(C)=O)[C@H]3O)OC(CO)[C@@H]2O)OC(CO)[C@@H](O)[C@@H]1O. The summed E-state index contributed by atoms with van der Waals surface area (Å²) in [5.41, 5.74) is 0. The second-order valence-corrected chi connectivity index (χ2v) is 16.5. The smallest absolute Gasteiger partial charge is 0.217 e. The monoisotopic (exact) mass is 949 g/mol. The van der Waals surface area contributed by atoms with Crippen molar-refractivity contribution in [2.24, 2.45) is 0 Å². The van der Waals surface area contributed by atoms with Gasteiger partial charge in [-0.25, -0.2) is 0 Å². The maximum Gasteiger partial charge on any atom is 0.217 e. The highest BCUT2D eigenvalue weighted by Gasteiger charge is 2.57. The van der Waals surface area contributed by atoms with Crippen LogP contribution in [-0.2, 0) is 57.0 Å². The summed E-state index contributed by atoms with van der Waals surface area (Å²) in [6.07, 6.45) is -38.0. The predicted molar refractivity (Wildman–Crippen MR) is 205 cm³/mol. The van der Waals surface area contributed by atoms with E-state index in [4.69, 9.17) is 42.6 Å². The molecule has 16 N–H and O–H groups in total. The van der Waals surface area contributed by atoms with Crippen molar-refractivity contribution >= 4 is 17.7 Å². The van der Waals surface area contributed by atoms with Gasteiger partial charge in [0.05, 0.1) is 45.2 Å². The first-order valence-corrected chi connectivity index (χ1v) is 20.9. The number of aliphatic hydroxyl groups is 13. The molecule has 0 aliphatic carbocycles. The minimum Gasteiger partial charge on any atom is -0.394 e. The molecule has 0 radical (unpaired) electrons. The quantitative estimate of drug-likeness (QED) is 0.0683. The Morgan fingerprint density at radius 2 is 0.692 bits per heavy atom. The fourth-order valence-corrected chi connectivity index (χ4v) is 8.49. The van der Waals surface area contributed by atoms with Crippen molar-refractivity contribution in [2.75, 3.05) is 33.0 Å². The van der Waals surface area contributed by atoms with Crippen LogP contribution in [-0.4, -0.2) is 270 Å². The lowest BCUT2D eigenvalue weighted by Crippen LogP contribution is -2.70. The van der Waals surface area contributed by atoms with Crippen LogP contribution in [0.2, 0.25) is 0 Å². The van der Waals surface area contributed by atoms with Crippen molar-refractivity contribution in [2.45, 2.75) is 181 Å². The highest BCUT2D eigenvalue weighted by Crippen LogP contribution is 2.36. The lowest BCUT2D eigenvalue weighted by molar-refractivity contribution is -0.381. The summed E-state index contributed by atoms with van der Waals surface area (Å²) < 4.78 is 52.0. The molecule has 5 heterocycles. The van der Waals surface area contributed by atoms with Crippen LogP contribution < -0.4 is 16.0 Å². The summed E-state index contributed by atoms with van der Waals surface area (Å²) in [7, 11) is 0. The molecule has 0 aromatic carbocycles. The molecule has 5 rings (SSSR count). The lowest BCUT2D eigenvalue weighted by atomic mass is 9.92. The molecule has 0 saturated carbocycles. The fourth-order valence-electron chi connectivity index (χ4n) is 8.49. The number of amides is 3. The number of carbonyl (C=O) groups is 3. The summed E-state index contributed by atoms with van der Waals surface area (Å²) >= 11 is 0. The van der Waals surface area contributed by atoms with Crippen LogP contribution in [0.5, 0.6) is 0 Å². The molecule has 10 unspecified atom stereocenters. The molecule has 5 fully saturated rings. The van der Waals surface area contributed by atoms with Gasteiger partial charge in [-0.05, 0) is 6.92 Å². The van der Waals surface area contributed by atoms with Crippen molar-refractivity contribution in [3.05, 3.63) is 0 Å². The maximum absolute atomic E-state index is 12.5. The molecule has 376 valence electrons. The Kier molecular flexibility index (Phi) is 19.1. The van der Waals surface area contributed by atoms with E-state index in [0.717, 1.165) is 13.8 Å². The van der Waals surface area contributed by atoms with Gasteiger partial charge in [0.2, 0.25) is 17.7 Å². The summed E-state index contributed by atoms with van der Waals surface area (Å²) in [5, 5.41) is 147. The van der Waals surface area contributed by atoms with Gasteiger partial charge in [0.25, 0.3) is 0 Å². The molecule has 0 spiro atoms. The molecule has 5 aliphatic rings. The van der Waals surface area contributed by atoms with Crippen molar-refractivity contribution in [3.63, 3.8) is 0 Å². The average molecular weight is 950 g/mol. The van der Waals surface area contributed by atoms with Crippen molar-refractivity contribution in [3.8, 4) is 0 Å². The molecular formula is C37H63N3O25. The summed E-state index contributed by atoms with van der Waals surface area (Å²) in [4.78, 5) is 36.4. The van der Waals surface area contributed by atoms with E-state index >= 15 is 0 Å². The van der Waals surface area contributed by atoms with E-state index in [9.17, 15) is 80.8 Å². The number of hydrogen-bond donors (Lipinski definition) is 16. The van der Waals surface area contributed by atoms with Gasteiger partial charge in [-0.2, -0.15) is 0 Å². The van der Waals surface area contributed by atoms with E-state index in [1.54, 1.807) is 0 Å². The van der Waals surface area contributed by atoms with Crippen molar-refractivity contribution in [1.82, 2.24) is 16.0 Å². The number of rotatable bonds is 16. The van der Waals surface area contributed by atoms with E-state index in [0.29, 0.717) is 0 Å². The van der Waals surface area contributed by atoms with Gasteiger partial charge in [-0.1, -0.05) is 0 Å². The first kappa shape index (κ1) is 53.5. The molecule has 28 nitrogen and oxygen atoms in total. The zero-order chi connectivity index (χ0) is 48.2. The molecule has 0 aromatic heterocycles. The summed E-state index contributed by atoms with van der Waals surface area (Å²) in [6, 6.07) is -4.32. The second-order valence-electron chi connectivity index (χ2n) is 16.5. The number of aliphatic hydroxyl groups excluding tert-OH is 13. The maximum atomic E-state index is 12.5. The predicted octanol–water partition coefficient (Wildman–Crippen LogP) is -10.4. The van der Waals surface area contributed by atoms with Crippen LogP contribution >= 0.6 is 0 Å². The van der Waals surface area contributed by atoms with Crippen molar-refractivity contribution < 1.29 is 123 Å². The Hall–Kier alpha value is -2.47. The Labute approximate surface area is 370 Å². The molecule has 0 aromatic rings. The summed E-state index contributed by atoms with van der Waals surface area (Å²) in [6.45, 7) is 0.420. The second kappa shape index (κ2) is 23.2. The third-order valence-electron chi connectivity index (χ3n) is 11.8. The summed E-state index contributed by atoms with van der Waals surface area (Å²) in [5.74, 6) is -2.06. The molecule has 5 aliphatic heterocycles. The van der Waals surface area contributed by atoms with Crippen LogP contribution in [0.4, 0.5) is 0 Å². The fraction of sp³-hybridized carbons (Fsp3) is 0.919. The standard InChI is InChI=1S/C37H63N3O25/c1-10-19(38-11(2)46)26(53)30(17(8-44)57-10)62-36-29(56)33(24(51)16(7-43)59-36)65-35-21(40-13(4)48)27(54)31(18(9-45)61-35)63-37-28(55)32(23(50)15(6-42)60-37)64-34-20(39-12(3)47)25(52)22(49)14(5-41)58-34/h10,14-37,41-45,49-56H,5-9H2,1-4H3,(H,38,46)(H,39,47)(H,40,48)/t10-,14?,15?,16?,17?,18?,19?,20?,21?,22+,23-,24-,25+,26+,27+,28?,29?,30+,31+,32-,33-,34-,35-,36-,37-/m0/s1. The Morgan fingerprint density at radius 3 is 1.09 bits per heavy atom. The number of ether oxygens (including phenoxy) is 9. The van der Waals surface area contributed by atoms with Crippen LogP contribution in [0.25, 0.3) is 0 Å². The topological polar surface area (TPSA) is 433 Å². The first-order chi connectivity index (χ1) is 30.7. The first-order valence-electron chi connectivity index (χ1n) is 20.9. The van der Waals surface area contributed by atoms with Gasteiger partial charge < -0.3 is 125 Å². The van der Waals surface area contributed by atoms with Gasteiger partial charge in [-0.3, -0.25) is 14.4 Å². The van der Waals surface area contributed by atoms with Crippen molar-refractivity contribution in [1.29, 1.82) is 0 Å². The molecule has 5 saturated heterocycles. The van der Waals surface area contributed by atoms with Gasteiger partial charge >= 0.3 is 0 Å². The minimum atomic E-state index is -2.10. The van der Waals surface area contributed by atoms with E-state index in [2.05, 4.69) is 16.0 Å². The molecular weight excluding hydrogens is 886 g/mol. The molecule has 28 heteroatoms. The zero-order valence-corrected chi connectivity index (χ0v) is 35.7. The van der Waals surface area contributed by atoms with Crippen LogP contribution in [0.3, 0.4) is 0 Å². The highest BCUT2D eigenvalue weighted by atomic mass is 16.8. The lowest BCUT2D eigenvalue weighted by Gasteiger charge is -2.50. The number of carbonyl (C=O) groups excluding carboxylic acids is 3. The van der Waals surface area contributed by atoms with Gasteiger partial charge in [-0.15, -0.1) is 0 Å². The minimum absolute atomic E-state index is 0.536. The van der Waals surface area contributed by atoms with Crippen LogP contribution in [0.1, 0.15) is 27.7 Å². The molecule has 25 atom stereocenters. The van der Waals surface area contributed by atoms with E-state index in [1.807, 2.05) is 0 Å². The average Bonchev–Trinajstić information content (AvgIpc) is 3.25. The Morgan fingerprint density at radius 1 is 0.385 bits per heavy atom. The van der Waals surface area contributed by atoms with Gasteiger partial charge in [0.1, 0.15) is 116 Å². The zero-order valence-electron chi connectivity index (χ0n) is 35.7.